The van der Waals surface area contributed by atoms with Gasteiger partial charge in [-0.1, -0.05) is 32.5 Å². The van der Waals surface area contributed by atoms with Gasteiger partial charge in [-0.15, -0.1) is 0 Å². The Morgan fingerprint density at radius 3 is 2.43 bits per heavy atom. The van der Waals surface area contributed by atoms with Gasteiger partial charge in [0.25, 0.3) is 0 Å². The molecule has 2 amide bonds. The smallest absolute Gasteiger partial charge is 0.410 e. The van der Waals surface area contributed by atoms with Crippen molar-refractivity contribution in [2.45, 2.75) is 97.1 Å². The van der Waals surface area contributed by atoms with E-state index in [0.29, 0.717) is 43.8 Å². The van der Waals surface area contributed by atoms with E-state index in [-0.39, 0.29) is 30.7 Å². The number of imidazole rings is 1. The topological polar surface area (TPSA) is 95.4 Å². The Hall–Kier alpha value is -2.79. The van der Waals surface area contributed by atoms with Crippen molar-refractivity contribution in [1.82, 2.24) is 14.5 Å². The predicted molar refractivity (Wildman–Crippen MR) is 167 cm³/mol. The highest BCUT2D eigenvalue weighted by Crippen LogP contribution is 2.40. The molecule has 0 spiro atoms. The number of carbonyl (C=O) groups is 2. The van der Waals surface area contributed by atoms with Crippen LogP contribution in [0.2, 0.25) is 25.7 Å². The van der Waals surface area contributed by atoms with Crippen molar-refractivity contribution in [3.8, 4) is 11.5 Å². The molecule has 1 aliphatic carbocycles. The number of hydrogen-bond donors (Lipinski definition) is 0. The Morgan fingerprint density at radius 2 is 1.81 bits per heavy atom. The first kappa shape index (κ1) is 32.1. The van der Waals surface area contributed by atoms with Crippen LogP contribution < -0.4 is 14.4 Å². The van der Waals surface area contributed by atoms with E-state index in [0.717, 1.165) is 49.2 Å². The first-order chi connectivity index (χ1) is 19.8. The van der Waals surface area contributed by atoms with Gasteiger partial charge < -0.3 is 28.4 Å². The second-order valence-electron chi connectivity index (χ2n) is 13.9. The quantitative estimate of drug-likeness (QED) is 0.165. The molecule has 4 rings (SSSR count). The summed E-state index contributed by atoms with van der Waals surface area (Å²) in [6, 6.07) is 5.17. The average molecular weight is 603 g/mol. The Bertz CT molecular complexity index is 1240. The molecular weight excluding hydrogens is 552 g/mol. The van der Waals surface area contributed by atoms with Crippen LogP contribution in [0.5, 0.6) is 11.5 Å². The number of methoxy groups -OCH3 is 1. The number of ether oxygens (including phenoxy) is 4. The molecule has 2 aromatic rings. The molecule has 0 N–H and O–H groups in total. The molecule has 234 valence electrons. The molecule has 2 heterocycles. The summed E-state index contributed by atoms with van der Waals surface area (Å²) >= 11 is 0. The lowest BCUT2D eigenvalue weighted by Crippen LogP contribution is -2.35. The highest BCUT2D eigenvalue weighted by molar-refractivity contribution is 6.76. The van der Waals surface area contributed by atoms with Crippen molar-refractivity contribution < 1.29 is 28.5 Å². The van der Waals surface area contributed by atoms with Crippen LogP contribution in [0, 0.1) is 5.92 Å². The van der Waals surface area contributed by atoms with Crippen LogP contribution in [-0.4, -0.2) is 80.3 Å². The molecule has 2 aliphatic rings. The highest BCUT2D eigenvalue weighted by Gasteiger charge is 2.31. The van der Waals surface area contributed by atoms with Gasteiger partial charge in [-0.25, -0.2) is 9.78 Å². The number of anilines is 1. The molecule has 1 saturated carbocycles. The number of hydrogen-bond acceptors (Lipinski definition) is 7. The Balaban J connectivity index is 1.55. The third-order valence-corrected chi connectivity index (χ3v) is 9.60. The van der Waals surface area contributed by atoms with Gasteiger partial charge in [0.15, 0.2) is 11.5 Å². The van der Waals surface area contributed by atoms with Crippen LogP contribution >= 0.6 is 0 Å². The summed E-state index contributed by atoms with van der Waals surface area (Å²) in [5.41, 5.74) is 1.15. The second-order valence-corrected chi connectivity index (χ2v) is 19.5. The van der Waals surface area contributed by atoms with Gasteiger partial charge in [0.2, 0.25) is 11.9 Å². The molecule has 1 atom stereocenters. The van der Waals surface area contributed by atoms with Gasteiger partial charge in [-0.05, 0) is 46.1 Å². The summed E-state index contributed by atoms with van der Waals surface area (Å²) in [7, 11) is 0.387. The summed E-state index contributed by atoms with van der Waals surface area (Å²) in [6.45, 7) is 16.6. The number of fused-ring (bicyclic) bond motifs is 1. The Morgan fingerprint density at radius 1 is 1.10 bits per heavy atom. The molecular formula is C31H50N4O6Si. The zero-order valence-electron chi connectivity index (χ0n) is 26.8. The fourth-order valence-corrected chi connectivity index (χ4v) is 6.32. The van der Waals surface area contributed by atoms with Gasteiger partial charge in [0, 0.05) is 58.8 Å². The normalized spacial score (nSPS) is 18.1. The van der Waals surface area contributed by atoms with Crippen LogP contribution in [-0.2, 0) is 14.3 Å². The van der Waals surface area contributed by atoms with Crippen LogP contribution in [0.25, 0.3) is 11.0 Å². The zero-order valence-corrected chi connectivity index (χ0v) is 27.8. The predicted octanol–water partition coefficient (Wildman–Crippen LogP) is 6.46. The lowest BCUT2D eigenvalue weighted by atomic mass is 10.1. The summed E-state index contributed by atoms with van der Waals surface area (Å²) in [5.74, 6) is 1.92. The first-order valence-corrected chi connectivity index (χ1v) is 19.0. The average Bonchev–Trinajstić information content (AvgIpc) is 3.64. The molecule has 10 nitrogen and oxygen atoms in total. The van der Waals surface area contributed by atoms with Gasteiger partial charge in [-0.3, -0.25) is 9.69 Å². The fraction of sp³-hybridized carbons (Fsp3) is 0.710. The molecule has 1 saturated heterocycles. The zero-order chi connectivity index (χ0) is 30.7. The number of benzene rings is 1. The molecule has 42 heavy (non-hydrogen) atoms. The maximum atomic E-state index is 12.9. The van der Waals surface area contributed by atoms with Crippen molar-refractivity contribution in [3.05, 3.63) is 12.1 Å². The number of aromatic nitrogens is 2. The number of likely N-dealkylation sites (tertiary alicyclic amines) is 1. The number of amides is 2. The number of carbonyl (C=O) groups excluding carboxylic acids is 2. The van der Waals surface area contributed by atoms with Gasteiger partial charge in [0.1, 0.15) is 12.3 Å². The van der Waals surface area contributed by atoms with Crippen LogP contribution in [0.4, 0.5) is 10.7 Å². The van der Waals surface area contributed by atoms with Gasteiger partial charge in [-0.2, -0.15) is 0 Å². The van der Waals surface area contributed by atoms with Crippen molar-refractivity contribution in [2.75, 3.05) is 45.0 Å². The minimum atomic E-state index is -1.25. The number of nitrogens with zero attached hydrogens (tertiary/aromatic N) is 4. The van der Waals surface area contributed by atoms with E-state index in [1.165, 1.54) is 0 Å². The van der Waals surface area contributed by atoms with E-state index in [2.05, 4.69) is 24.2 Å². The van der Waals surface area contributed by atoms with E-state index >= 15 is 0 Å². The van der Waals surface area contributed by atoms with Crippen LogP contribution in [0.1, 0.15) is 65.8 Å². The standard InChI is InChI=1S/C31H50N4O6Si/c1-22(36)34(21-39-15-16-42(6,7)8)29-32-25-17-28(27(38-5)18-26(25)35(29)24-11-9-10-12-24)40-20-23-13-14-33(19-23)30(37)41-31(2,3)4/h17-18,23-24H,9-16,19-21H2,1-8H3/t23-/m1/s1. The molecule has 0 radical (unpaired) electrons. The van der Waals surface area contributed by atoms with Crippen molar-refractivity contribution in [1.29, 1.82) is 0 Å². The van der Waals surface area contributed by atoms with E-state index in [1.54, 1.807) is 23.8 Å². The van der Waals surface area contributed by atoms with Gasteiger partial charge >= 0.3 is 6.09 Å². The second kappa shape index (κ2) is 13.2. The first-order valence-electron chi connectivity index (χ1n) is 15.3. The summed E-state index contributed by atoms with van der Waals surface area (Å²) in [4.78, 5) is 33.8. The molecule has 1 aliphatic heterocycles. The molecule has 2 fully saturated rings. The van der Waals surface area contributed by atoms with E-state index in [9.17, 15) is 9.59 Å². The lowest BCUT2D eigenvalue weighted by Gasteiger charge is -2.25. The fourth-order valence-electron chi connectivity index (χ4n) is 5.57. The molecule has 11 heteroatoms. The Labute approximate surface area is 251 Å². The Kier molecular flexibility index (Phi) is 10.1. The van der Waals surface area contributed by atoms with Crippen molar-refractivity contribution in [2.24, 2.45) is 5.92 Å². The lowest BCUT2D eigenvalue weighted by molar-refractivity contribution is -0.117. The summed E-state index contributed by atoms with van der Waals surface area (Å²) < 4.78 is 25.8. The van der Waals surface area contributed by atoms with Crippen LogP contribution in [0.3, 0.4) is 0 Å². The van der Waals surface area contributed by atoms with E-state index in [4.69, 9.17) is 23.9 Å². The van der Waals surface area contributed by atoms with E-state index < -0.39 is 13.7 Å². The van der Waals surface area contributed by atoms with Crippen molar-refractivity contribution in [3.63, 3.8) is 0 Å². The largest absolute Gasteiger partial charge is 0.493 e. The third-order valence-electron chi connectivity index (χ3n) is 7.90. The highest BCUT2D eigenvalue weighted by atomic mass is 28.3. The maximum absolute atomic E-state index is 12.9. The summed E-state index contributed by atoms with van der Waals surface area (Å²) in [6.07, 6.45) is 4.94. The maximum Gasteiger partial charge on any atom is 0.410 e. The number of rotatable bonds is 11. The minimum Gasteiger partial charge on any atom is -0.493 e. The van der Waals surface area contributed by atoms with Crippen LogP contribution in [0.15, 0.2) is 12.1 Å². The third kappa shape index (κ3) is 8.18. The monoisotopic (exact) mass is 602 g/mol. The van der Waals surface area contributed by atoms with E-state index in [1.807, 2.05) is 32.9 Å². The van der Waals surface area contributed by atoms with Gasteiger partial charge in [0.05, 0.1) is 24.8 Å². The molecule has 0 unspecified atom stereocenters. The summed E-state index contributed by atoms with van der Waals surface area (Å²) in [5, 5.41) is 0. The molecule has 1 aromatic heterocycles. The molecule has 0 bridgehead atoms. The minimum absolute atomic E-state index is 0.100. The molecule has 1 aromatic carbocycles. The SMILES string of the molecule is COc1cc2c(cc1OC[C@@H]1CCN(C(=O)OC(C)(C)C)C1)nc(N(COCC[Si](C)(C)C)C(C)=O)n2C1CCCC1. The van der Waals surface area contributed by atoms with Crippen molar-refractivity contribution >= 4 is 37.1 Å².